The van der Waals surface area contributed by atoms with Crippen LogP contribution >= 0.6 is 11.8 Å². The standard InChI is InChI=1S/C28H22O2S/c1-19(29)23-13-15-25(21-9-5-3-6-10-21)27(17-23)31-28-18-24(20(2)30)14-16-26(28)22-11-7-4-8-12-22/h3-18H,1-2H3. The molecule has 0 aromatic heterocycles. The number of hydrogen-bond donors (Lipinski definition) is 0. The molecule has 0 saturated heterocycles. The first kappa shape index (κ1) is 20.8. The van der Waals surface area contributed by atoms with Crippen LogP contribution in [0.3, 0.4) is 0 Å². The highest BCUT2D eigenvalue weighted by Gasteiger charge is 2.15. The summed E-state index contributed by atoms with van der Waals surface area (Å²) in [7, 11) is 0. The quantitative estimate of drug-likeness (QED) is 0.300. The Labute approximate surface area is 187 Å². The van der Waals surface area contributed by atoms with Crippen LogP contribution in [0, 0.1) is 0 Å². The number of rotatable bonds is 6. The van der Waals surface area contributed by atoms with Gasteiger partial charge in [0.1, 0.15) is 0 Å². The predicted octanol–water partition coefficient (Wildman–Crippen LogP) is 7.58. The summed E-state index contributed by atoms with van der Waals surface area (Å²) in [5.41, 5.74) is 5.64. The number of ketones is 2. The zero-order valence-corrected chi connectivity index (χ0v) is 18.3. The van der Waals surface area contributed by atoms with Gasteiger partial charge in [-0.25, -0.2) is 0 Å². The molecule has 0 aliphatic heterocycles. The van der Waals surface area contributed by atoms with Gasteiger partial charge in [0.2, 0.25) is 0 Å². The van der Waals surface area contributed by atoms with E-state index in [1.165, 1.54) is 0 Å². The van der Waals surface area contributed by atoms with Crippen molar-refractivity contribution >= 4 is 23.3 Å². The van der Waals surface area contributed by atoms with E-state index >= 15 is 0 Å². The van der Waals surface area contributed by atoms with Crippen molar-refractivity contribution in [3.8, 4) is 22.3 Å². The van der Waals surface area contributed by atoms with Crippen molar-refractivity contribution in [1.82, 2.24) is 0 Å². The number of Topliss-reactive ketones (excluding diaryl/α,β-unsaturated/α-hetero) is 2. The molecule has 0 spiro atoms. The van der Waals surface area contributed by atoms with Crippen LogP contribution in [-0.2, 0) is 0 Å². The Kier molecular flexibility index (Phi) is 6.15. The van der Waals surface area contributed by atoms with E-state index in [0.717, 1.165) is 32.0 Å². The molecule has 4 aromatic rings. The van der Waals surface area contributed by atoms with E-state index in [9.17, 15) is 9.59 Å². The molecular formula is C28H22O2S. The predicted molar refractivity (Wildman–Crippen MR) is 128 cm³/mol. The van der Waals surface area contributed by atoms with Gasteiger partial charge in [-0.05, 0) is 48.2 Å². The summed E-state index contributed by atoms with van der Waals surface area (Å²) >= 11 is 1.59. The van der Waals surface area contributed by atoms with Crippen molar-refractivity contribution in [2.45, 2.75) is 23.6 Å². The van der Waals surface area contributed by atoms with Gasteiger partial charge >= 0.3 is 0 Å². The first-order valence-corrected chi connectivity index (χ1v) is 10.9. The van der Waals surface area contributed by atoms with Gasteiger partial charge in [-0.1, -0.05) is 96.7 Å². The Hall–Kier alpha value is -3.43. The van der Waals surface area contributed by atoms with Gasteiger partial charge in [0.15, 0.2) is 11.6 Å². The Balaban J connectivity index is 1.88. The third kappa shape index (κ3) is 4.68. The van der Waals surface area contributed by atoms with E-state index in [4.69, 9.17) is 0 Å². The van der Waals surface area contributed by atoms with Gasteiger partial charge < -0.3 is 0 Å². The average molecular weight is 423 g/mol. The van der Waals surface area contributed by atoms with Gasteiger partial charge in [-0.15, -0.1) is 0 Å². The molecular weight excluding hydrogens is 400 g/mol. The first-order valence-electron chi connectivity index (χ1n) is 10.1. The van der Waals surface area contributed by atoms with E-state index in [2.05, 4.69) is 24.3 Å². The largest absolute Gasteiger partial charge is 0.295 e. The van der Waals surface area contributed by atoms with E-state index in [-0.39, 0.29) is 11.6 Å². The molecule has 0 aliphatic rings. The second-order valence-corrected chi connectivity index (χ2v) is 8.45. The van der Waals surface area contributed by atoms with Crippen LogP contribution in [0.25, 0.3) is 22.3 Å². The molecule has 4 aromatic carbocycles. The molecule has 0 radical (unpaired) electrons. The summed E-state index contributed by atoms with van der Waals surface area (Å²) in [6.45, 7) is 3.16. The van der Waals surface area contributed by atoms with Gasteiger partial charge in [-0.3, -0.25) is 9.59 Å². The van der Waals surface area contributed by atoms with Crippen LogP contribution in [0.2, 0.25) is 0 Å². The maximum atomic E-state index is 12.1. The van der Waals surface area contributed by atoms with E-state index in [1.54, 1.807) is 25.6 Å². The minimum Gasteiger partial charge on any atom is -0.295 e. The van der Waals surface area contributed by atoms with Crippen molar-refractivity contribution in [3.05, 3.63) is 108 Å². The number of carbonyl (C=O) groups excluding carboxylic acids is 2. The zero-order chi connectivity index (χ0) is 21.8. The summed E-state index contributed by atoms with van der Waals surface area (Å²) in [5.74, 6) is 0.0597. The second kappa shape index (κ2) is 9.15. The van der Waals surface area contributed by atoms with Crippen LogP contribution < -0.4 is 0 Å². The lowest BCUT2D eigenvalue weighted by Gasteiger charge is -2.15. The second-order valence-electron chi connectivity index (χ2n) is 7.37. The molecule has 0 heterocycles. The fourth-order valence-electron chi connectivity index (χ4n) is 3.48. The summed E-state index contributed by atoms with van der Waals surface area (Å²) < 4.78 is 0. The third-order valence-corrected chi connectivity index (χ3v) is 6.28. The lowest BCUT2D eigenvalue weighted by molar-refractivity contribution is 0.100. The van der Waals surface area contributed by atoms with Gasteiger partial charge in [0.05, 0.1) is 0 Å². The highest BCUT2D eigenvalue weighted by atomic mass is 32.2. The normalized spacial score (nSPS) is 10.6. The minimum atomic E-state index is 0.0298. The lowest BCUT2D eigenvalue weighted by Crippen LogP contribution is -1.96. The maximum absolute atomic E-state index is 12.1. The SMILES string of the molecule is CC(=O)c1ccc(-c2ccccc2)c(Sc2cc(C(C)=O)ccc2-c2ccccc2)c1. The molecule has 31 heavy (non-hydrogen) atoms. The van der Waals surface area contributed by atoms with Crippen molar-refractivity contribution < 1.29 is 9.59 Å². The van der Waals surface area contributed by atoms with Crippen LogP contribution in [0.5, 0.6) is 0 Å². The number of hydrogen-bond acceptors (Lipinski definition) is 3. The topological polar surface area (TPSA) is 34.1 Å². The number of benzene rings is 4. The number of carbonyl (C=O) groups is 2. The molecule has 0 unspecified atom stereocenters. The highest BCUT2D eigenvalue weighted by Crippen LogP contribution is 2.41. The molecule has 0 aliphatic carbocycles. The molecule has 0 N–H and O–H groups in total. The van der Waals surface area contributed by atoms with Crippen molar-refractivity contribution in [2.75, 3.05) is 0 Å². The molecule has 2 nitrogen and oxygen atoms in total. The summed E-state index contributed by atoms with van der Waals surface area (Å²) in [6.07, 6.45) is 0. The smallest absolute Gasteiger partial charge is 0.159 e. The molecule has 0 bridgehead atoms. The zero-order valence-electron chi connectivity index (χ0n) is 17.5. The van der Waals surface area contributed by atoms with Crippen LogP contribution in [0.15, 0.2) is 107 Å². The molecule has 0 fully saturated rings. The van der Waals surface area contributed by atoms with Crippen LogP contribution in [0.1, 0.15) is 34.6 Å². The lowest BCUT2D eigenvalue weighted by atomic mass is 10.0. The van der Waals surface area contributed by atoms with E-state index in [0.29, 0.717) is 11.1 Å². The Morgan fingerprint density at radius 1 is 0.548 bits per heavy atom. The Bertz CT molecular complexity index is 1150. The van der Waals surface area contributed by atoms with Gasteiger partial charge in [0.25, 0.3) is 0 Å². The summed E-state index contributed by atoms with van der Waals surface area (Å²) in [4.78, 5) is 26.1. The first-order chi connectivity index (χ1) is 15.0. The molecule has 0 saturated carbocycles. The third-order valence-electron chi connectivity index (χ3n) is 5.17. The Morgan fingerprint density at radius 2 is 0.935 bits per heavy atom. The highest BCUT2D eigenvalue weighted by molar-refractivity contribution is 7.99. The summed E-state index contributed by atoms with van der Waals surface area (Å²) in [5, 5.41) is 0. The molecule has 3 heteroatoms. The molecule has 152 valence electrons. The average Bonchev–Trinajstić information content (AvgIpc) is 2.80. The minimum absolute atomic E-state index is 0.0298. The van der Waals surface area contributed by atoms with E-state index < -0.39 is 0 Å². The molecule has 4 rings (SSSR count). The van der Waals surface area contributed by atoms with Crippen molar-refractivity contribution in [3.63, 3.8) is 0 Å². The van der Waals surface area contributed by atoms with Crippen LogP contribution in [0.4, 0.5) is 0 Å². The van der Waals surface area contributed by atoms with Crippen molar-refractivity contribution in [1.29, 1.82) is 0 Å². The fraction of sp³-hybridized carbons (Fsp3) is 0.0714. The van der Waals surface area contributed by atoms with Crippen LogP contribution in [-0.4, -0.2) is 11.6 Å². The van der Waals surface area contributed by atoms with Gasteiger partial charge in [-0.2, -0.15) is 0 Å². The Morgan fingerprint density at radius 3 is 1.29 bits per heavy atom. The monoisotopic (exact) mass is 422 g/mol. The molecule has 0 amide bonds. The summed E-state index contributed by atoms with van der Waals surface area (Å²) in [6, 6.07) is 31.9. The van der Waals surface area contributed by atoms with Crippen molar-refractivity contribution in [2.24, 2.45) is 0 Å². The van der Waals surface area contributed by atoms with E-state index in [1.807, 2.05) is 72.8 Å². The maximum Gasteiger partial charge on any atom is 0.159 e. The molecule has 0 atom stereocenters. The fourth-order valence-corrected chi connectivity index (χ4v) is 4.68. The van der Waals surface area contributed by atoms with Gasteiger partial charge in [0, 0.05) is 20.9 Å².